The van der Waals surface area contributed by atoms with Crippen LogP contribution in [-0.4, -0.2) is 27.0 Å². The van der Waals surface area contributed by atoms with Crippen LogP contribution in [0.4, 0.5) is 0 Å². The fourth-order valence-corrected chi connectivity index (χ4v) is 2.89. The fraction of sp³-hybridized carbons (Fsp3) is 0.500. The number of hydrogen-bond donors (Lipinski definition) is 1. The number of rotatable bonds is 6. The summed E-state index contributed by atoms with van der Waals surface area (Å²) >= 11 is 3.42. The molecule has 0 aliphatic carbocycles. The van der Waals surface area contributed by atoms with Crippen LogP contribution in [0.25, 0.3) is 0 Å². The van der Waals surface area contributed by atoms with Gasteiger partial charge in [0.25, 0.3) is 0 Å². The summed E-state index contributed by atoms with van der Waals surface area (Å²) in [7, 11) is -2.89. The predicted molar refractivity (Wildman–Crippen MR) is 74.7 cm³/mol. The number of halogens is 1. The van der Waals surface area contributed by atoms with Gasteiger partial charge >= 0.3 is 0 Å². The van der Waals surface area contributed by atoms with E-state index in [9.17, 15) is 8.42 Å². The summed E-state index contributed by atoms with van der Waals surface area (Å²) in [4.78, 5) is 0. The topological polar surface area (TPSA) is 60.2 Å². The summed E-state index contributed by atoms with van der Waals surface area (Å²) in [5, 5.41) is 0. The largest absolute Gasteiger partial charge is 0.330 e. The highest BCUT2D eigenvalue weighted by molar-refractivity contribution is 9.10. The lowest BCUT2D eigenvalue weighted by Gasteiger charge is -2.14. The zero-order valence-electron chi connectivity index (χ0n) is 9.90. The molecule has 96 valence electrons. The molecule has 1 unspecified atom stereocenters. The van der Waals surface area contributed by atoms with E-state index in [1.165, 1.54) is 11.8 Å². The monoisotopic (exact) mass is 319 g/mol. The third kappa shape index (κ3) is 6.19. The first kappa shape index (κ1) is 14.7. The van der Waals surface area contributed by atoms with E-state index < -0.39 is 9.84 Å². The maximum absolute atomic E-state index is 11.1. The van der Waals surface area contributed by atoms with Crippen LogP contribution >= 0.6 is 15.9 Å². The van der Waals surface area contributed by atoms with E-state index in [2.05, 4.69) is 15.9 Å². The van der Waals surface area contributed by atoms with Crippen molar-refractivity contribution in [2.45, 2.75) is 12.8 Å². The Morgan fingerprint density at radius 2 is 2.12 bits per heavy atom. The summed E-state index contributed by atoms with van der Waals surface area (Å²) < 4.78 is 23.3. The molecule has 0 saturated heterocycles. The second-order valence-electron chi connectivity index (χ2n) is 4.35. The molecule has 0 bridgehead atoms. The van der Waals surface area contributed by atoms with Crippen molar-refractivity contribution < 1.29 is 8.42 Å². The van der Waals surface area contributed by atoms with Gasteiger partial charge in [0.05, 0.1) is 5.75 Å². The Bertz CT molecular complexity index is 459. The highest BCUT2D eigenvalue weighted by Gasteiger charge is 2.11. The Hall–Kier alpha value is -0.390. The van der Waals surface area contributed by atoms with Gasteiger partial charge in [0.2, 0.25) is 0 Å². The van der Waals surface area contributed by atoms with E-state index in [0.29, 0.717) is 13.0 Å². The molecule has 1 aromatic carbocycles. The number of nitrogens with two attached hydrogens (primary N) is 1. The average Bonchev–Trinajstić information content (AvgIpc) is 2.23. The lowest BCUT2D eigenvalue weighted by atomic mass is 9.97. The summed E-state index contributed by atoms with van der Waals surface area (Å²) in [5.41, 5.74) is 6.87. The van der Waals surface area contributed by atoms with E-state index in [1.54, 1.807) is 0 Å². The van der Waals surface area contributed by atoms with Crippen LogP contribution in [0.15, 0.2) is 28.7 Å². The van der Waals surface area contributed by atoms with Gasteiger partial charge in [0, 0.05) is 10.7 Å². The van der Waals surface area contributed by atoms with Crippen molar-refractivity contribution in [2.75, 3.05) is 18.6 Å². The number of sulfone groups is 1. The molecule has 0 aliphatic rings. The van der Waals surface area contributed by atoms with Crippen molar-refractivity contribution in [2.24, 2.45) is 11.7 Å². The first-order valence-electron chi connectivity index (χ1n) is 5.53. The van der Waals surface area contributed by atoms with E-state index >= 15 is 0 Å². The smallest absolute Gasteiger partial charge is 0.147 e. The molecule has 3 nitrogen and oxygen atoms in total. The molecular formula is C12H18BrNO2S. The number of hydrogen-bond acceptors (Lipinski definition) is 3. The van der Waals surface area contributed by atoms with E-state index in [-0.39, 0.29) is 11.7 Å². The Kier molecular flexibility index (Phi) is 5.62. The minimum atomic E-state index is -2.89. The van der Waals surface area contributed by atoms with Crippen LogP contribution in [0.5, 0.6) is 0 Å². The van der Waals surface area contributed by atoms with Gasteiger partial charge in [-0.15, -0.1) is 0 Å². The molecule has 0 aliphatic heterocycles. The summed E-state index contributed by atoms with van der Waals surface area (Å²) in [6.45, 7) is 0.516. The van der Waals surface area contributed by atoms with Crippen molar-refractivity contribution in [1.82, 2.24) is 0 Å². The van der Waals surface area contributed by atoms with Gasteiger partial charge in [-0.1, -0.05) is 28.1 Å². The van der Waals surface area contributed by atoms with E-state index in [0.717, 1.165) is 10.9 Å². The molecule has 0 amide bonds. The summed E-state index contributed by atoms with van der Waals surface area (Å²) in [6, 6.07) is 8.03. The van der Waals surface area contributed by atoms with Gasteiger partial charge in [-0.2, -0.15) is 0 Å². The molecule has 1 rings (SSSR count). The van der Waals surface area contributed by atoms with Gasteiger partial charge in [0.15, 0.2) is 0 Å². The zero-order chi connectivity index (χ0) is 12.9. The van der Waals surface area contributed by atoms with Crippen molar-refractivity contribution in [1.29, 1.82) is 0 Å². The van der Waals surface area contributed by atoms with Crippen LogP contribution in [-0.2, 0) is 16.3 Å². The van der Waals surface area contributed by atoms with Crippen molar-refractivity contribution in [3.05, 3.63) is 34.3 Å². The first-order chi connectivity index (χ1) is 7.90. The second-order valence-corrected chi connectivity index (χ2v) is 7.53. The Morgan fingerprint density at radius 1 is 1.41 bits per heavy atom. The number of benzene rings is 1. The lowest BCUT2D eigenvalue weighted by Crippen LogP contribution is -2.20. The minimum Gasteiger partial charge on any atom is -0.330 e. The maximum atomic E-state index is 11.1. The van der Waals surface area contributed by atoms with Gasteiger partial charge in [-0.25, -0.2) is 8.42 Å². The highest BCUT2D eigenvalue weighted by atomic mass is 79.9. The SMILES string of the molecule is CS(=O)(=O)CCC(CN)Cc1cccc(Br)c1. The zero-order valence-corrected chi connectivity index (χ0v) is 12.3. The van der Waals surface area contributed by atoms with Crippen molar-refractivity contribution in [3.8, 4) is 0 Å². The van der Waals surface area contributed by atoms with Crippen LogP contribution in [0, 0.1) is 5.92 Å². The molecule has 1 atom stereocenters. The predicted octanol–water partition coefficient (Wildman–Crippen LogP) is 2.00. The first-order valence-corrected chi connectivity index (χ1v) is 8.38. The average molecular weight is 320 g/mol. The van der Waals surface area contributed by atoms with Crippen LogP contribution in [0.2, 0.25) is 0 Å². The molecule has 1 aromatic rings. The van der Waals surface area contributed by atoms with Gasteiger partial charge in [-0.3, -0.25) is 0 Å². The molecule has 2 N–H and O–H groups in total. The van der Waals surface area contributed by atoms with Crippen molar-refractivity contribution >= 4 is 25.8 Å². The quantitative estimate of drug-likeness (QED) is 0.872. The Balaban J connectivity index is 2.58. The summed E-state index contributed by atoms with van der Waals surface area (Å²) in [5.74, 6) is 0.432. The van der Waals surface area contributed by atoms with Crippen LogP contribution in [0.1, 0.15) is 12.0 Å². The lowest BCUT2D eigenvalue weighted by molar-refractivity contribution is 0.512. The molecule has 5 heteroatoms. The molecule has 0 spiro atoms. The molecule has 0 heterocycles. The van der Waals surface area contributed by atoms with Gasteiger partial charge < -0.3 is 5.73 Å². The molecule has 0 aromatic heterocycles. The van der Waals surface area contributed by atoms with Crippen molar-refractivity contribution in [3.63, 3.8) is 0 Å². The Labute approximate surface area is 111 Å². The minimum absolute atomic E-state index is 0.211. The highest BCUT2D eigenvalue weighted by Crippen LogP contribution is 2.16. The fourth-order valence-electron chi connectivity index (χ4n) is 1.68. The van der Waals surface area contributed by atoms with Crippen LogP contribution in [0.3, 0.4) is 0 Å². The van der Waals surface area contributed by atoms with Gasteiger partial charge in [0.1, 0.15) is 9.84 Å². The molecule has 17 heavy (non-hydrogen) atoms. The Morgan fingerprint density at radius 3 is 2.65 bits per heavy atom. The maximum Gasteiger partial charge on any atom is 0.147 e. The third-order valence-electron chi connectivity index (χ3n) is 2.64. The normalized spacial score (nSPS) is 13.6. The standard InChI is InChI=1S/C12H18BrNO2S/c1-17(15,16)6-5-11(9-14)7-10-3-2-4-12(13)8-10/h2-4,8,11H,5-7,9,14H2,1H3. The van der Waals surface area contributed by atoms with Gasteiger partial charge in [-0.05, 0) is 43.0 Å². The molecule has 0 radical (unpaired) electrons. The second kappa shape index (κ2) is 6.52. The molecule has 0 saturated carbocycles. The van der Waals surface area contributed by atoms with E-state index in [4.69, 9.17) is 5.73 Å². The van der Waals surface area contributed by atoms with Crippen LogP contribution < -0.4 is 5.73 Å². The molecule has 0 fully saturated rings. The third-order valence-corrected chi connectivity index (χ3v) is 4.11. The molecular weight excluding hydrogens is 302 g/mol. The van der Waals surface area contributed by atoms with E-state index in [1.807, 2.05) is 24.3 Å². The summed E-state index contributed by atoms with van der Waals surface area (Å²) in [6.07, 6.45) is 2.72.